The van der Waals surface area contributed by atoms with Crippen LogP contribution in [0.2, 0.25) is 0 Å². The first-order chi connectivity index (χ1) is 15.4. The molecule has 3 rings (SSSR count). The summed E-state index contributed by atoms with van der Waals surface area (Å²) in [5.41, 5.74) is 1.21. The van der Waals surface area contributed by atoms with Gasteiger partial charge in [-0.25, -0.2) is 16.8 Å². The smallest absolute Gasteiger partial charge is 0.232 e. The van der Waals surface area contributed by atoms with Crippen LogP contribution in [0.3, 0.4) is 0 Å². The number of sulfone groups is 1. The lowest BCUT2D eigenvalue weighted by atomic mass is 10.1. The van der Waals surface area contributed by atoms with Crippen molar-refractivity contribution in [3.05, 3.63) is 48.0 Å². The largest absolute Gasteiger partial charge is 0.486 e. The number of carbonyl (C=O) groups is 1. The van der Waals surface area contributed by atoms with E-state index in [0.29, 0.717) is 36.8 Å². The van der Waals surface area contributed by atoms with Crippen LogP contribution >= 0.6 is 0 Å². The Morgan fingerprint density at radius 1 is 1.00 bits per heavy atom. The highest BCUT2D eigenvalue weighted by atomic mass is 32.2. The summed E-state index contributed by atoms with van der Waals surface area (Å²) >= 11 is 0. The van der Waals surface area contributed by atoms with Crippen molar-refractivity contribution < 1.29 is 31.1 Å². The molecule has 1 aliphatic rings. The highest BCUT2D eigenvalue weighted by molar-refractivity contribution is 7.92. The molecule has 33 heavy (non-hydrogen) atoms. The zero-order valence-corrected chi connectivity index (χ0v) is 20.4. The summed E-state index contributed by atoms with van der Waals surface area (Å²) in [5, 5.41) is 2.85. The van der Waals surface area contributed by atoms with E-state index in [4.69, 9.17) is 9.47 Å². The molecule has 0 unspecified atom stereocenters. The minimum absolute atomic E-state index is 0.127. The molecule has 1 aliphatic heterocycles. The van der Waals surface area contributed by atoms with Crippen LogP contribution in [0.5, 0.6) is 11.5 Å². The number of amides is 1. The van der Waals surface area contributed by atoms with E-state index in [9.17, 15) is 21.6 Å². The van der Waals surface area contributed by atoms with E-state index in [0.717, 1.165) is 18.1 Å². The molecule has 0 radical (unpaired) electrons. The van der Waals surface area contributed by atoms with Gasteiger partial charge >= 0.3 is 0 Å². The zero-order valence-electron chi connectivity index (χ0n) is 18.8. The number of sulfonamides is 1. The van der Waals surface area contributed by atoms with Crippen LogP contribution in [0.25, 0.3) is 0 Å². The summed E-state index contributed by atoms with van der Waals surface area (Å²) in [7, 11) is -6.85. The lowest BCUT2D eigenvalue weighted by Crippen LogP contribution is -2.32. The van der Waals surface area contributed by atoms with Gasteiger partial charge in [0.1, 0.15) is 13.2 Å². The number of benzene rings is 2. The van der Waals surface area contributed by atoms with E-state index in [1.54, 1.807) is 37.3 Å². The number of ether oxygens (including phenoxy) is 2. The van der Waals surface area contributed by atoms with Gasteiger partial charge in [0.15, 0.2) is 21.3 Å². The predicted molar refractivity (Wildman–Crippen MR) is 125 cm³/mol. The average Bonchev–Trinajstić information content (AvgIpc) is 2.75. The van der Waals surface area contributed by atoms with E-state index >= 15 is 0 Å². The molecular formula is C22H28N2O7S2. The van der Waals surface area contributed by atoms with E-state index < -0.39 is 19.9 Å². The predicted octanol–water partition coefficient (Wildman–Crippen LogP) is 2.28. The van der Waals surface area contributed by atoms with Gasteiger partial charge in [-0.05, 0) is 43.2 Å². The zero-order chi connectivity index (χ0) is 24.2. The van der Waals surface area contributed by atoms with Crippen molar-refractivity contribution in [2.45, 2.75) is 30.7 Å². The van der Waals surface area contributed by atoms with Crippen molar-refractivity contribution in [1.29, 1.82) is 0 Å². The quantitative estimate of drug-likeness (QED) is 0.566. The lowest BCUT2D eigenvalue weighted by Gasteiger charge is -2.25. The van der Waals surface area contributed by atoms with Gasteiger partial charge in [0, 0.05) is 25.3 Å². The number of hydrogen-bond acceptors (Lipinski definition) is 7. The van der Waals surface area contributed by atoms with Crippen molar-refractivity contribution in [3.63, 3.8) is 0 Å². The van der Waals surface area contributed by atoms with Crippen LogP contribution in [-0.2, 0) is 24.7 Å². The molecule has 0 spiro atoms. The molecule has 0 fully saturated rings. The van der Waals surface area contributed by atoms with Gasteiger partial charge in [0.05, 0.1) is 22.9 Å². The van der Waals surface area contributed by atoms with E-state index in [-0.39, 0.29) is 29.8 Å². The summed E-state index contributed by atoms with van der Waals surface area (Å²) in [5.74, 6) is 0.822. The summed E-state index contributed by atoms with van der Waals surface area (Å²) in [6.45, 7) is 2.76. The second-order valence-corrected chi connectivity index (χ2v) is 11.8. The third kappa shape index (κ3) is 6.61. The van der Waals surface area contributed by atoms with Gasteiger partial charge in [-0.15, -0.1) is 0 Å². The molecule has 1 atom stereocenters. The maximum absolute atomic E-state index is 12.4. The fourth-order valence-corrected chi connectivity index (χ4v) is 5.05. The van der Waals surface area contributed by atoms with Crippen molar-refractivity contribution in [3.8, 4) is 11.5 Å². The molecular weight excluding hydrogens is 468 g/mol. The monoisotopic (exact) mass is 496 g/mol. The second-order valence-electron chi connectivity index (χ2n) is 7.90. The Morgan fingerprint density at radius 2 is 1.64 bits per heavy atom. The molecule has 0 aromatic heterocycles. The summed E-state index contributed by atoms with van der Waals surface area (Å²) in [6, 6.07) is 11.0. The number of fused-ring (bicyclic) bond motifs is 1. The molecule has 2 aromatic carbocycles. The number of nitrogens with one attached hydrogen (secondary N) is 1. The fourth-order valence-electron chi connectivity index (χ4n) is 3.46. The van der Waals surface area contributed by atoms with Gasteiger partial charge in [0.2, 0.25) is 15.9 Å². The molecule has 9 nitrogen and oxygen atoms in total. The van der Waals surface area contributed by atoms with Crippen molar-refractivity contribution in [1.82, 2.24) is 5.32 Å². The van der Waals surface area contributed by atoms with Crippen LogP contribution in [0.1, 0.15) is 31.4 Å². The Bertz CT molecular complexity index is 1210. The number of hydrogen-bond donors (Lipinski definition) is 1. The highest BCUT2D eigenvalue weighted by Crippen LogP contribution is 2.34. The lowest BCUT2D eigenvalue weighted by molar-refractivity contribution is -0.121. The van der Waals surface area contributed by atoms with Crippen LogP contribution in [-0.4, -0.2) is 55.0 Å². The normalized spacial score (nSPS) is 14.4. The standard InChI is InChI=1S/C22H28N2O7S2/c1-16(17-6-9-19(10-7-17)32(2,26)27)23-22(25)5-4-12-24(33(3,28)29)18-8-11-20-21(15-18)31-14-13-30-20/h6-11,15-16H,4-5,12-14H2,1-3H3,(H,23,25)/t16-/m1/s1. The van der Waals surface area contributed by atoms with Gasteiger partial charge < -0.3 is 14.8 Å². The van der Waals surface area contributed by atoms with Gasteiger partial charge in [-0.3, -0.25) is 9.10 Å². The number of rotatable bonds is 9. The Balaban J connectivity index is 1.58. The average molecular weight is 497 g/mol. The Kier molecular flexibility index (Phi) is 7.53. The number of carbonyl (C=O) groups excluding carboxylic acids is 1. The first-order valence-corrected chi connectivity index (χ1v) is 14.2. The van der Waals surface area contributed by atoms with E-state index in [1.807, 2.05) is 0 Å². The molecule has 0 aliphatic carbocycles. The highest BCUT2D eigenvalue weighted by Gasteiger charge is 2.21. The Hall–Kier alpha value is -2.79. The molecule has 0 saturated heterocycles. The molecule has 1 heterocycles. The third-order valence-corrected chi connectivity index (χ3v) is 7.49. The van der Waals surface area contributed by atoms with Crippen molar-refractivity contribution in [2.75, 3.05) is 36.6 Å². The number of anilines is 1. The van der Waals surface area contributed by atoms with E-state index in [2.05, 4.69) is 5.32 Å². The van der Waals surface area contributed by atoms with Crippen LogP contribution in [0.15, 0.2) is 47.4 Å². The summed E-state index contributed by atoms with van der Waals surface area (Å²) < 4.78 is 60.1. The Labute approximate surface area is 194 Å². The maximum atomic E-state index is 12.4. The molecule has 1 N–H and O–H groups in total. The molecule has 0 saturated carbocycles. The van der Waals surface area contributed by atoms with Crippen LogP contribution in [0.4, 0.5) is 5.69 Å². The van der Waals surface area contributed by atoms with Gasteiger partial charge in [0.25, 0.3) is 0 Å². The maximum Gasteiger partial charge on any atom is 0.232 e. The van der Waals surface area contributed by atoms with E-state index in [1.165, 1.54) is 16.4 Å². The molecule has 2 aromatic rings. The SMILES string of the molecule is C[C@@H](NC(=O)CCCN(c1ccc2c(c1)OCCO2)S(C)(=O)=O)c1ccc(S(C)(=O)=O)cc1. The minimum Gasteiger partial charge on any atom is -0.486 e. The van der Waals surface area contributed by atoms with Gasteiger partial charge in [-0.1, -0.05) is 12.1 Å². The molecule has 1 amide bonds. The summed E-state index contributed by atoms with van der Waals surface area (Å²) in [6.07, 6.45) is 2.69. The minimum atomic E-state index is -3.57. The first kappa shape index (κ1) is 24.8. The first-order valence-electron chi connectivity index (χ1n) is 10.4. The fraction of sp³-hybridized carbons (Fsp3) is 0.409. The molecule has 11 heteroatoms. The van der Waals surface area contributed by atoms with Crippen molar-refractivity contribution in [2.24, 2.45) is 0 Å². The third-order valence-electron chi connectivity index (χ3n) is 5.16. The molecule has 0 bridgehead atoms. The number of nitrogens with zero attached hydrogens (tertiary/aromatic N) is 1. The second kappa shape index (κ2) is 10.0. The van der Waals surface area contributed by atoms with Crippen LogP contribution in [0, 0.1) is 0 Å². The Morgan fingerprint density at radius 3 is 2.24 bits per heavy atom. The summed E-state index contributed by atoms with van der Waals surface area (Å²) in [4.78, 5) is 12.6. The van der Waals surface area contributed by atoms with Crippen molar-refractivity contribution >= 4 is 31.5 Å². The van der Waals surface area contributed by atoms with Gasteiger partial charge in [-0.2, -0.15) is 0 Å². The van der Waals surface area contributed by atoms with Crippen LogP contribution < -0.4 is 19.1 Å². The topological polar surface area (TPSA) is 119 Å². The molecule has 180 valence electrons.